The fourth-order valence-corrected chi connectivity index (χ4v) is 2.68. The molecule has 1 aromatic carbocycles. The molecule has 5 N–H and O–H groups in total. The number of aliphatic hydroxyl groups is 2. The van der Waals surface area contributed by atoms with Gasteiger partial charge in [-0.2, -0.15) is 0 Å². The molecule has 9 heteroatoms. The van der Waals surface area contributed by atoms with Gasteiger partial charge in [0, 0.05) is 5.69 Å². The van der Waals surface area contributed by atoms with Crippen LogP contribution in [0.4, 0.5) is 5.69 Å². The molecule has 0 radical (unpaired) electrons. The van der Waals surface area contributed by atoms with E-state index in [0.717, 1.165) is 0 Å². The highest BCUT2D eigenvalue weighted by molar-refractivity contribution is 6.25. The van der Waals surface area contributed by atoms with Gasteiger partial charge in [-0.1, -0.05) is 6.07 Å². The minimum atomic E-state index is -2.85. The number of hydrogen-bond acceptors (Lipinski definition) is 7. The largest absolute Gasteiger partial charge is 0.398 e. The van der Waals surface area contributed by atoms with Gasteiger partial charge in [-0.05, 0) is 12.1 Å². The van der Waals surface area contributed by atoms with Crippen molar-refractivity contribution in [2.45, 2.75) is 18.2 Å². The molecule has 1 atom stereocenters. The van der Waals surface area contributed by atoms with Crippen molar-refractivity contribution >= 4 is 29.3 Å². The molecule has 3 rings (SSSR count). The summed E-state index contributed by atoms with van der Waals surface area (Å²) in [6, 6.07) is 2.27. The van der Waals surface area contributed by atoms with Crippen molar-refractivity contribution in [1.29, 1.82) is 0 Å². The Kier molecular flexibility index (Phi) is 2.81. The first kappa shape index (κ1) is 14.2. The number of carbonyl (C=O) groups excluding carboxylic acids is 4. The van der Waals surface area contributed by atoms with Crippen LogP contribution < -0.4 is 11.1 Å². The normalized spacial score (nSPS) is 23.5. The Hall–Kier alpha value is -2.78. The Morgan fingerprint density at radius 3 is 2.45 bits per heavy atom. The minimum absolute atomic E-state index is 0.0344. The van der Waals surface area contributed by atoms with E-state index in [1.165, 1.54) is 18.2 Å². The molecule has 4 amide bonds. The fourth-order valence-electron chi connectivity index (χ4n) is 2.68. The van der Waals surface area contributed by atoms with Crippen molar-refractivity contribution < 1.29 is 29.4 Å². The summed E-state index contributed by atoms with van der Waals surface area (Å²) in [6.45, 7) is 0. The van der Waals surface area contributed by atoms with E-state index in [9.17, 15) is 29.4 Å². The van der Waals surface area contributed by atoms with E-state index in [2.05, 4.69) is 0 Å². The third-order valence-corrected chi connectivity index (χ3v) is 3.61. The summed E-state index contributed by atoms with van der Waals surface area (Å²) in [5.74, 6) is -6.70. The summed E-state index contributed by atoms with van der Waals surface area (Å²) >= 11 is 0. The van der Waals surface area contributed by atoms with Crippen LogP contribution in [0.25, 0.3) is 0 Å². The van der Waals surface area contributed by atoms with Gasteiger partial charge in [-0.15, -0.1) is 0 Å². The van der Waals surface area contributed by atoms with Crippen LogP contribution in [0.5, 0.6) is 0 Å². The van der Waals surface area contributed by atoms with E-state index in [-0.39, 0.29) is 16.8 Å². The number of piperidine rings is 1. The van der Waals surface area contributed by atoms with Crippen LogP contribution in [0.2, 0.25) is 0 Å². The standard InChI is InChI=1S/C13H11N3O6/c14-6-3-1-2-5-8(6)12(20)16(11(5)19)9-10(18)15-7(17)4-13(9,21)22/h1-3,9,21-22H,4,14H2,(H,15,17,18). The topological polar surface area (TPSA) is 150 Å². The monoisotopic (exact) mass is 305 g/mol. The van der Waals surface area contributed by atoms with Gasteiger partial charge in [0.2, 0.25) is 11.7 Å². The van der Waals surface area contributed by atoms with Gasteiger partial charge in [-0.3, -0.25) is 29.4 Å². The summed E-state index contributed by atoms with van der Waals surface area (Å²) in [5, 5.41) is 21.7. The molecule has 0 spiro atoms. The predicted molar refractivity (Wildman–Crippen MR) is 70.1 cm³/mol. The summed E-state index contributed by atoms with van der Waals surface area (Å²) in [5.41, 5.74) is 5.56. The molecule has 1 fully saturated rings. The molecule has 2 aliphatic rings. The number of amides is 4. The molecule has 1 saturated heterocycles. The van der Waals surface area contributed by atoms with Crippen molar-refractivity contribution in [1.82, 2.24) is 10.2 Å². The number of nitrogens with two attached hydrogens (primary N) is 1. The van der Waals surface area contributed by atoms with Crippen LogP contribution in [0.3, 0.4) is 0 Å². The lowest BCUT2D eigenvalue weighted by atomic mass is 9.96. The van der Waals surface area contributed by atoms with Gasteiger partial charge < -0.3 is 15.9 Å². The summed E-state index contributed by atoms with van der Waals surface area (Å²) in [7, 11) is 0. The smallest absolute Gasteiger partial charge is 0.264 e. The minimum Gasteiger partial charge on any atom is -0.398 e. The fraction of sp³-hybridized carbons (Fsp3) is 0.231. The first-order valence-electron chi connectivity index (χ1n) is 6.29. The lowest BCUT2D eigenvalue weighted by Gasteiger charge is -2.37. The third kappa shape index (κ3) is 1.80. The van der Waals surface area contributed by atoms with Crippen molar-refractivity contribution in [2.75, 3.05) is 5.73 Å². The quantitative estimate of drug-likeness (QED) is 0.265. The number of carbonyl (C=O) groups is 4. The zero-order chi connectivity index (χ0) is 16.2. The molecular weight excluding hydrogens is 294 g/mol. The van der Waals surface area contributed by atoms with E-state index >= 15 is 0 Å². The van der Waals surface area contributed by atoms with Gasteiger partial charge in [0.25, 0.3) is 17.7 Å². The Balaban J connectivity index is 2.09. The van der Waals surface area contributed by atoms with Crippen molar-refractivity contribution in [2.24, 2.45) is 0 Å². The lowest BCUT2D eigenvalue weighted by Crippen LogP contribution is -2.67. The zero-order valence-electron chi connectivity index (χ0n) is 11.1. The average molecular weight is 305 g/mol. The molecule has 0 aromatic heterocycles. The van der Waals surface area contributed by atoms with E-state index in [0.29, 0.717) is 4.90 Å². The summed E-state index contributed by atoms with van der Waals surface area (Å²) < 4.78 is 0. The molecule has 1 aromatic rings. The molecule has 9 nitrogen and oxygen atoms in total. The highest BCUT2D eigenvalue weighted by Crippen LogP contribution is 2.33. The molecule has 0 bridgehead atoms. The molecule has 22 heavy (non-hydrogen) atoms. The highest BCUT2D eigenvalue weighted by atomic mass is 16.5. The van der Waals surface area contributed by atoms with E-state index in [1.54, 1.807) is 0 Å². The number of benzene rings is 1. The van der Waals surface area contributed by atoms with Crippen molar-refractivity contribution in [3.05, 3.63) is 29.3 Å². The second-order valence-electron chi connectivity index (χ2n) is 5.12. The van der Waals surface area contributed by atoms with Crippen LogP contribution in [0.15, 0.2) is 18.2 Å². The molecule has 114 valence electrons. The Labute approximate surface area is 123 Å². The Morgan fingerprint density at radius 1 is 1.18 bits per heavy atom. The van der Waals surface area contributed by atoms with Crippen molar-refractivity contribution in [3.8, 4) is 0 Å². The number of nitrogen functional groups attached to an aromatic ring is 1. The lowest BCUT2D eigenvalue weighted by molar-refractivity contribution is -0.209. The van der Waals surface area contributed by atoms with Crippen LogP contribution in [0, 0.1) is 0 Å². The summed E-state index contributed by atoms with van der Waals surface area (Å²) in [4.78, 5) is 48.3. The molecule has 1 unspecified atom stereocenters. The van der Waals surface area contributed by atoms with Crippen LogP contribution in [0.1, 0.15) is 27.1 Å². The predicted octanol–water partition coefficient (Wildman–Crippen LogP) is -2.04. The summed E-state index contributed by atoms with van der Waals surface area (Å²) in [6.07, 6.45) is -0.841. The number of rotatable bonds is 1. The zero-order valence-corrected chi connectivity index (χ0v) is 11.1. The van der Waals surface area contributed by atoms with Crippen LogP contribution in [-0.2, 0) is 9.59 Å². The number of imide groups is 2. The van der Waals surface area contributed by atoms with Gasteiger partial charge in [0.1, 0.15) is 0 Å². The van der Waals surface area contributed by atoms with E-state index in [4.69, 9.17) is 5.73 Å². The molecule has 0 aliphatic carbocycles. The molecular formula is C13H11N3O6. The van der Waals surface area contributed by atoms with Gasteiger partial charge >= 0.3 is 0 Å². The number of anilines is 1. The van der Waals surface area contributed by atoms with Crippen molar-refractivity contribution in [3.63, 3.8) is 0 Å². The Morgan fingerprint density at radius 2 is 1.86 bits per heavy atom. The second-order valence-corrected chi connectivity index (χ2v) is 5.12. The first-order valence-corrected chi connectivity index (χ1v) is 6.29. The number of nitrogens with one attached hydrogen (secondary N) is 1. The van der Waals surface area contributed by atoms with Crippen LogP contribution >= 0.6 is 0 Å². The Bertz CT molecular complexity index is 741. The number of nitrogens with zero attached hydrogens (tertiary/aromatic N) is 1. The highest BCUT2D eigenvalue weighted by Gasteiger charge is 2.55. The first-order chi connectivity index (χ1) is 10.2. The third-order valence-electron chi connectivity index (χ3n) is 3.61. The number of fused-ring (bicyclic) bond motifs is 1. The SMILES string of the molecule is Nc1cccc2c1C(=O)N(C1C(=O)NC(=O)CC1(O)O)C2=O. The van der Waals surface area contributed by atoms with E-state index in [1.807, 2.05) is 5.32 Å². The maximum absolute atomic E-state index is 12.4. The van der Waals surface area contributed by atoms with Gasteiger partial charge in [-0.25, -0.2) is 0 Å². The van der Waals surface area contributed by atoms with E-state index < -0.39 is 41.9 Å². The number of hydrogen-bond donors (Lipinski definition) is 4. The molecule has 0 saturated carbocycles. The second kappa shape index (κ2) is 4.36. The average Bonchev–Trinajstić information content (AvgIpc) is 2.63. The maximum Gasteiger partial charge on any atom is 0.264 e. The van der Waals surface area contributed by atoms with Gasteiger partial charge in [0.15, 0.2) is 6.04 Å². The van der Waals surface area contributed by atoms with Gasteiger partial charge in [0.05, 0.1) is 17.5 Å². The molecule has 2 heterocycles. The molecule has 2 aliphatic heterocycles. The maximum atomic E-state index is 12.4. The van der Waals surface area contributed by atoms with Crippen LogP contribution in [-0.4, -0.2) is 50.6 Å².